The van der Waals surface area contributed by atoms with E-state index in [2.05, 4.69) is 5.32 Å². The van der Waals surface area contributed by atoms with Crippen molar-refractivity contribution >= 4 is 27.5 Å². The predicted octanol–water partition coefficient (Wildman–Crippen LogP) is 4.63. The lowest BCUT2D eigenvalue weighted by molar-refractivity contribution is -0.140. The van der Waals surface area contributed by atoms with Gasteiger partial charge >= 0.3 is 0 Å². The molecule has 0 aromatic heterocycles. The van der Waals surface area contributed by atoms with Crippen LogP contribution in [0.2, 0.25) is 0 Å². The van der Waals surface area contributed by atoms with Gasteiger partial charge in [-0.25, -0.2) is 8.42 Å². The summed E-state index contributed by atoms with van der Waals surface area (Å²) in [6, 6.07) is 21.1. The molecule has 2 amide bonds. The highest BCUT2D eigenvalue weighted by atomic mass is 32.2. The molecule has 2 atom stereocenters. The summed E-state index contributed by atoms with van der Waals surface area (Å²) < 4.78 is 32.4. The van der Waals surface area contributed by atoms with Crippen molar-refractivity contribution in [3.8, 4) is 5.75 Å². The summed E-state index contributed by atoms with van der Waals surface area (Å²) in [5.41, 5.74) is 3.96. The van der Waals surface area contributed by atoms with E-state index in [1.165, 1.54) is 4.90 Å². The average Bonchev–Trinajstić information content (AvgIpc) is 2.94. The Labute approximate surface area is 244 Å². The summed E-state index contributed by atoms with van der Waals surface area (Å²) in [4.78, 5) is 29.4. The fourth-order valence-electron chi connectivity index (χ4n) is 4.46. The second-order valence-corrected chi connectivity index (χ2v) is 12.3. The first-order chi connectivity index (χ1) is 19.4. The van der Waals surface area contributed by atoms with Crippen molar-refractivity contribution in [1.29, 1.82) is 0 Å². The molecule has 3 rings (SSSR count). The molecule has 3 aromatic carbocycles. The highest BCUT2D eigenvalue weighted by Crippen LogP contribution is 2.23. The maximum absolute atomic E-state index is 14.2. The van der Waals surface area contributed by atoms with Crippen molar-refractivity contribution in [3.63, 3.8) is 0 Å². The van der Waals surface area contributed by atoms with E-state index in [9.17, 15) is 18.0 Å². The molecular formula is C32H41N3O5S. The number of ether oxygens (including phenoxy) is 1. The Hall–Kier alpha value is -3.85. The molecule has 8 nitrogen and oxygen atoms in total. The Bertz CT molecular complexity index is 1440. The van der Waals surface area contributed by atoms with Crippen LogP contribution in [0.4, 0.5) is 5.69 Å². The number of nitrogens with zero attached hydrogens (tertiary/aromatic N) is 2. The average molecular weight is 580 g/mol. The van der Waals surface area contributed by atoms with Crippen LogP contribution in [0, 0.1) is 13.8 Å². The number of nitrogens with one attached hydrogen (secondary N) is 1. The Morgan fingerprint density at radius 2 is 1.61 bits per heavy atom. The molecule has 0 aliphatic carbocycles. The van der Waals surface area contributed by atoms with Gasteiger partial charge < -0.3 is 15.0 Å². The van der Waals surface area contributed by atoms with Gasteiger partial charge in [0.25, 0.3) is 0 Å². The standard InChI is InChI=1S/C32H41N3O5S/c1-7-25(4)33-32(37)30(20-26-12-9-8-10-13-26)34(21-27-14-11-15-29(19-27)40-5)31(36)22-35(41(6,38)39)28-17-16-23(2)24(3)18-28/h8-19,25,30H,7,20-22H2,1-6H3,(H,33,37)/t25-,30-/m1/s1. The van der Waals surface area contributed by atoms with Crippen LogP contribution in [0.5, 0.6) is 5.75 Å². The minimum atomic E-state index is -3.82. The van der Waals surface area contributed by atoms with E-state index in [0.29, 0.717) is 11.4 Å². The maximum Gasteiger partial charge on any atom is 0.244 e. The molecule has 0 aliphatic rings. The number of anilines is 1. The lowest BCUT2D eigenvalue weighted by atomic mass is 10.0. The summed E-state index contributed by atoms with van der Waals surface area (Å²) in [6.07, 6.45) is 2.07. The quantitative estimate of drug-likeness (QED) is 0.319. The Morgan fingerprint density at radius 3 is 2.22 bits per heavy atom. The lowest BCUT2D eigenvalue weighted by Crippen LogP contribution is -2.54. The van der Waals surface area contributed by atoms with E-state index >= 15 is 0 Å². The van der Waals surface area contributed by atoms with E-state index in [-0.39, 0.29) is 24.9 Å². The van der Waals surface area contributed by atoms with Crippen molar-refractivity contribution in [2.75, 3.05) is 24.2 Å². The number of rotatable bonds is 13. The number of amides is 2. The fraction of sp³-hybridized carbons (Fsp3) is 0.375. The van der Waals surface area contributed by atoms with Gasteiger partial charge in [-0.2, -0.15) is 0 Å². The van der Waals surface area contributed by atoms with Gasteiger partial charge in [0.1, 0.15) is 18.3 Å². The van der Waals surface area contributed by atoms with Gasteiger partial charge in [0.15, 0.2) is 0 Å². The van der Waals surface area contributed by atoms with Gasteiger partial charge in [0.05, 0.1) is 19.1 Å². The topological polar surface area (TPSA) is 96.0 Å². The first-order valence-electron chi connectivity index (χ1n) is 13.7. The molecule has 0 aliphatic heterocycles. The molecule has 0 heterocycles. The number of hydrogen-bond acceptors (Lipinski definition) is 5. The van der Waals surface area contributed by atoms with Gasteiger partial charge in [0, 0.05) is 19.0 Å². The molecule has 9 heteroatoms. The van der Waals surface area contributed by atoms with Crippen molar-refractivity contribution in [1.82, 2.24) is 10.2 Å². The minimum absolute atomic E-state index is 0.0893. The molecule has 0 bridgehead atoms. The normalized spacial score (nSPS) is 12.7. The van der Waals surface area contributed by atoms with Gasteiger partial charge in [-0.3, -0.25) is 13.9 Å². The van der Waals surface area contributed by atoms with Crippen LogP contribution in [0.15, 0.2) is 72.8 Å². The second kappa shape index (κ2) is 14.2. The minimum Gasteiger partial charge on any atom is -0.497 e. The maximum atomic E-state index is 14.2. The van der Waals surface area contributed by atoms with E-state index in [4.69, 9.17) is 4.74 Å². The van der Waals surface area contributed by atoms with E-state index < -0.39 is 28.5 Å². The van der Waals surface area contributed by atoms with Crippen LogP contribution >= 0.6 is 0 Å². The van der Waals surface area contributed by atoms with Crippen molar-refractivity contribution in [3.05, 3.63) is 95.1 Å². The molecule has 3 aromatic rings. The summed E-state index contributed by atoms with van der Waals surface area (Å²) in [6.45, 7) is 7.36. The number of carbonyl (C=O) groups is 2. The second-order valence-electron chi connectivity index (χ2n) is 10.4. The number of aryl methyl sites for hydroxylation is 2. The third-order valence-electron chi connectivity index (χ3n) is 7.22. The predicted molar refractivity (Wildman–Crippen MR) is 163 cm³/mol. The highest BCUT2D eigenvalue weighted by Gasteiger charge is 2.33. The summed E-state index contributed by atoms with van der Waals surface area (Å²) in [5.74, 6) is -0.167. The largest absolute Gasteiger partial charge is 0.497 e. The number of carbonyl (C=O) groups excluding carboxylic acids is 2. The van der Waals surface area contributed by atoms with E-state index in [0.717, 1.165) is 39.2 Å². The van der Waals surface area contributed by atoms with Crippen molar-refractivity contribution < 1.29 is 22.7 Å². The van der Waals surface area contributed by atoms with Gasteiger partial charge in [-0.05, 0) is 73.7 Å². The zero-order valence-corrected chi connectivity index (χ0v) is 25.6. The van der Waals surface area contributed by atoms with Crippen LogP contribution in [0.1, 0.15) is 42.5 Å². The first-order valence-corrected chi connectivity index (χ1v) is 15.6. The molecular weight excluding hydrogens is 538 g/mol. The molecule has 0 fully saturated rings. The van der Waals surface area contributed by atoms with Gasteiger partial charge in [-0.15, -0.1) is 0 Å². The zero-order chi connectivity index (χ0) is 30.2. The number of methoxy groups -OCH3 is 1. The van der Waals surface area contributed by atoms with Crippen molar-refractivity contribution in [2.45, 2.75) is 59.2 Å². The van der Waals surface area contributed by atoms with Crippen LogP contribution in [0.25, 0.3) is 0 Å². The van der Waals surface area contributed by atoms with Gasteiger partial charge in [-0.1, -0.05) is 55.5 Å². The Kier molecular flexibility index (Phi) is 10.9. The number of sulfonamides is 1. The summed E-state index contributed by atoms with van der Waals surface area (Å²) in [5, 5.41) is 3.03. The molecule has 0 saturated carbocycles. The lowest BCUT2D eigenvalue weighted by Gasteiger charge is -2.34. The zero-order valence-electron chi connectivity index (χ0n) is 24.8. The molecule has 0 saturated heterocycles. The molecule has 220 valence electrons. The Morgan fingerprint density at radius 1 is 0.927 bits per heavy atom. The third-order valence-corrected chi connectivity index (χ3v) is 8.36. The molecule has 0 spiro atoms. The first kappa shape index (κ1) is 31.7. The number of hydrogen-bond donors (Lipinski definition) is 1. The molecule has 0 radical (unpaired) electrons. The summed E-state index contributed by atoms with van der Waals surface area (Å²) >= 11 is 0. The third kappa shape index (κ3) is 8.82. The van der Waals surface area contributed by atoms with Crippen molar-refractivity contribution in [2.24, 2.45) is 0 Å². The molecule has 41 heavy (non-hydrogen) atoms. The van der Waals surface area contributed by atoms with Crippen LogP contribution in [0.3, 0.4) is 0 Å². The molecule has 1 N–H and O–H groups in total. The fourth-order valence-corrected chi connectivity index (χ4v) is 5.30. The summed E-state index contributed by atoms with van der Waals surface area (Å²) in [7, 11) is -2.26. The van der Waals surface area contributed by atoms with E-state index in [1.807, 2.05) is 82.3 Å². The van der Waals surface area contributed by atoms with Gasteiger partial charge in [0.2, 0.25) is 21.8 Å². The molecule has 0 unspecified atom stereocenters. The highest BCUT2D eigenvalue weighted by molar-refractivity contribution is 7.92. The van der Waals surface area contributed by atoms with E-state index in [1.54, 1.807) is 25.3 Å². The number of benzene rings is 3. The van der Waals surface area contributed by atoms with Crippen LogP contribution in [-0.4, -0.2) is 57.1 Å². The smallest absolute Gasteiger partial charge is 0.244 e. The van der Waals surface area contributed by atoms with Crippen LogP contribution in [-0.2, 0) is 32.6 Å². The SMILES string of the molecule is CC[C@@H](C)NC(=O)[C@@H](Cc1ccccc1)N(Cc1cccc(OC)c1)C(=O)CN(c1ccc(C)c(C)c1)S(C)(=O)=O. The van der Waals surface area contributed by atoms with Crippen LogP contribution < -0.4 is 14.4 Å². The monoisotopic (exact) mass is 579 g/mol. The Balaban J connectivity index is 2.08.